The predicted molar refractivity (Wildman–Crippen MR) is 116 cm³/mol. The summed E-state index contributed by atoms with van der Waals surface area (Å²) in [6.45, 7) is 9.58. The standard InChI is InChI=1S/C23H30FN3O4/c1-14(2)10-15(27-22(29)31-23(3,4)5)13-30-16-6-7-18(20(24)11-16)17-8-9-26-12-19(17)21(25)28/h6-9,11-12,14-15H,10,13H2,1-5H3,(H2,25,28)(H,27,29). The van der Waals surface area contributed by atoms with Gasteiger partial charge in [-0.25, -0.2) is 9.18 Å². The molecule has 2 amide bonds. The Morgan fingerprint density at radius 1 is 1.19 bits per heavy atom. The molecule has 1 aromatic carbocycles. The summed E-state index contributed by atoms with van der Waals surface area (Å²) >= 11 is 0. The minimum Gasteiger partial charge on any atom is -0.491 e. The molecule has 1 atom stereocenters. The van der Waals surface area contributed by atoms with Crippen molar-refractivity contribution in [2.24, 2.45) is 11.7 Å². The Morgan fingerprint density at radius 3 is 2.48 bits per heavy atom. The van der Waals surface area contributed by atoms with E-state index in [2.05, 4.69) is 10.3 Å². The lowest BCUT2D eigenvalue weighted by Gasteiger charge is -2.24. The van der Waals surface area contributed by atoms with Gasteiger partial charge in [0.15, 0.2) is 0 Å². The molecule has 8 heteroatoms. The van der Waals surface area contributed by atoms with Crippen molar-refractivity contribution in [1.29, 1.82) is 0 Å². The summed E-state index contributed by atoms with van der Waals surface area (Å²) < 4.78 is 25.8. The molecule has 0 aliphatic carbocycles. The van der Waals surface area contributed by atoms with Crippen molar-refractivity contribution in [1.82, 2.24) is 10.3 Å². The topological polar surface area (TPSA) is 104 Å². The fraction of sp³-hybridized carbons (Fsp3) is 0.435. The summed E-state index contributed by atoms with van der Waals surface area (Å²) in [6, 6.07) is 5.58. The van der Waals surface area contributed by atoms with Crippen LogP contribution in [-0.4, -0.2) is 35.2 Å². The molecular formula is C23H30FN3O4. The first-order valence-electron chi connectivity index (χ1n) is 10.1. The van der Waals surface area contributed by atoms with Crippen LogP contribution < -0.4 is 15.8 Å². The van der Waals surface area contributed by atoms with E-state index < -0.39 is 23.4 Å². The molecule has 3 N–H and O–H groups in total. The molecule has 168 valence electrons. The highest BCUT2D eigenvalue weighted by Gasteiger charge is 2.21. The van der Waals surface area contributed by atoms with Crippen LogP contribution in [0.2, 0.25) is 0 Å². The van der Waals surface area contributed by atoms with Crippen LogP contribution >= 0.6 is 0 Å². The minimum atomic E-state index is -0.687. The summed E-state index contributed by atoms with van der Waals surface area (Å²) in [5, 5.41) is 2.81. The van der Waals surface area contributed by atoms with Gasteiger partial charge in [0.05, 0.1) is 11.6 Å². The van der Waals surface area contributed by atoms with Crippen molar-refractivity contribution in [2.45, 2.75) is 52.7 Å². The van der Waals surface area contributed by atoms with E-state index in [-0.39, 0.29) is 23.8 Å². The fourth-order valence-corrected chi connectivity index (χ4v) is 3.04. The number of nitrogens with zero attached hydrogens (tertiary/aromatic N) is 1. The van der Waals surface area contributed by atoms with Gasteiger partial charge in [-0.05, 0) is 51.3 Å². The molecule has 0 spiro atoms. The van der Waals surface area contributed by atoms with Crippen LogP contribution in [0.1, 0.15) is 51.4 Å². The van der Waals surface area contributed by atoms with Crippen molar-refractivity contribution in [3.63, 3.8) is 0 Å². The Kier molecular flexibility index (Phi) is 7.96. The number of carbonyl (C=O) groups excluding carboxylic acids is 2. The molecular weight excluding hydrogens is 401 g/mol. The number of carbonyl (C=O) groups is 2. The number of rotatable bonds is 8. The zero-order valence-corrected chi connectivity index (χ0v) is 18.6. The van der Waals surface area contributed by atoms with E-state index >= 15 is 0 Å². The molecule has 0 fully saturated rings. The van der Waals surface area contributed by atoms with Gasteiger partial charge in [-0.1, -0.05) is 13.8 Å². The van der Waals surface area contributed by atoms with E-state index in [1.165, 1.54) is 30.6 Å². The molecule has 0 saturated heterocycles. The predicted octanol–water partition coefficient (Wildman–Crippen LogP) is 4.30. The number of hydrogen-bond donors (Lipinski definition) is 2. The number of alkyl carbamates (subject to hydrolysis) is 1. The zero-order chi connectivity index (χ0) is 23.2. The second kappa shape index (κ2) is 10.2. The summed E-state index contributed by atoms with van der Waals surface area (Å²) in [7, 11) is 0. The van der Waals surface area contributed by atoms with Gasteiger partial charge in [-0.2, -0.15) is 0 Å². The van der Waals surface area contributed by atoms with E-state index in [0.29, 0.717) is 23.7 Å². The first-order valence-corrected chi connectivity index (χ1v) is 10.1. The Hall–Kier alpha value is -3.16. The maximum atomic E-state index is 14.8. The highest BCUT2D eigenvalue weighted by Crippen LogP contribution is 2.28. The molecule has 0 aliphatic rings. The average Bonchev–Trinajstić information content (AvgIpc) is 2.64. The quantitative estimate of drug-likeness (QED) is 0.648. The van der Waals surface area contributed by atoms with Crippen molar-refractivity contribution in [3.05, 3.63) is 48.0 Å². The van der Waals surface area contributed by atoms with Gasteiger partial charge in [-0.3, -0.25) is 9.78 Å². The number of hydrogen-bond acceptors (Lipinski definition) is 5. The largest absolute Gasteiger partial charge is 0.491 e. The van der Waals surface area contributed by atoms with Crippen LogP contribution in [0.25, 0.3) is 11.1 Å². The highest BCUT2D eigenvalue weighted by molar-refractivity contribution is 5.99. The van der Waals surface area contributed by atoms with Crippen molar-refractivity contribution in [2.75, 3.05) is 6.61 Å². The third kappa shape index (κ3) is 7.55. The summed E-state index contributed by atoms with van der Waals surface area (Å²) in [5.74, 6) is -0.642. The van der Waals surface area contributed by atoms with Gasteiger partial charge in [0.2, 0.25) is 0 Å². The summed E-state index contributed by atoms with van der Waals surface area (Å²) in [6.07, 6.45) is 2.91. The van der Waals surface area contributed by atoms with Gasteiger partial charge >= 0.3 is 6.09 Å². The number of nitrogens with two attached hydrogens (primary N) is 1. The first kappa shape index (κ1) is 24.1. The molecule has 1 aromatic heterocycles. The first-order chi connectivity index (χ1) is 14.5. The summed E-state index contributed by atoms with van der Waals surface area (Å²) in [5.41, 5.74) is 5.46. The van der Waals surface area contributed by atoms with E-state index in [9.17, 15) is 14.0 Å². The number of halogens is 1. The molecule has 31 heavy (non-hydrogen) atoms. The smallest absolute Gasteiger partial charge is 0.407 e. The lowest BCUT2D eigenvalue weighted by Crippen LogP contribution is -2.42. The number of amides is 2. The van der Waals surface area contributed by atoms with Crippen molar-refractivity contribution in [3.8, 4) is 16.9 Å². The lowest BCUT2D eigenvalue weighted by molar-refractivity contribution is 0.0480. The maximum absolute atomic E-state index is 14.8. The van der Waals surface area contributed by atoms with E-state index in [1.807, 2.05) is 13.8 Å². The second-order valence-corrected chi connectivity index (χ2v) is 8.71. The number of benzene rings is 1. The Morgan fingerprint density at radius 2 is 1.90 bits per heavy atom. The highest BCUT2D eigenvalue weighted by atomic mass is 19.1. The zero-order valence-electron chi connectivity index (χ0n) is 18.6. The van der Waals surface area contributed by atoms with Crippen LogP contribution in [0.3, 0.4) is 0 Å². The number of primary amides is 1. The van der Waals surface area contributed by atoms with Crippen LogP contribution in [0.15, 0.2) is 36.7 Å². The Labute approximate surface area is 182 Å². The van der Waals surface area contributed by atoms with Crippen LogP contribution in [-0.2, 0) is 4.74 Å². The van der Waals surface area contributed by atoms with Gasteiger partial charge in [-0.15, -0.1) is 0 Å². The number of aromatic nitrogens is 1. The monoisotopic (exact) mass is 431 g/mol. The molecule has 0 radical (unpaired) electrons. The van der Waals surface area contributed by atoms with Gasteiger partial charge in [0, 0.05) is 29.6 Å². The molecule has 7 nitrogen and oxygen atoms in total. The second-order valence-electron chi connectivity index (χ2n) is 8.71. The number of ether oxygens (including phenoxy) is 2. The van der Waals surface area contributed by atoms with Crippen LogP contribution in [0.4, 0.5) is 9.18 Å². The van der Waals surface area contributed by atoms with Crippen molar-refractivity contribution >= 4 is 12.0 Å². The molecule has 0 aliphatic heterocycles. The van der Waals surface area contributed by atoms with Crippen LogP contribution in [0, 0.1) is 11.7 Å². The number of nitrogens with one attached hydrogen (secondary N) is 1. The summed E-state index contributed by atoms with van der Waals surface area (Å²) in [4.78, 5) is 27.6. The molecule has 0 saturated carbocycles. The Balaban J connectivity index is 2.12. The van der Waals surface area contributed by atoms with Gasteiger partial charge < -0.3 is 20.5 Å². The normalized spacial score (nSPS) is 12.4. The van der Waals surface area contributed by atoms with E-state index in [1.54, 1.807) is 26.8 Å². The van der Waals surface area contributed by atoms with E-state index in [0.717, 1.165) is 0 Å². The molecule has 0 bridgehead atoms. The third-order valence-corrected chi connectivity index (χ3v) is 4.25. The van der Waals surface area contributed by atoms with Crippen molar-refractivity contribution < 1.29 is 23.5 Å². The maximum Gasteiger partial charge on any atom is 0.407 e. The van der Waals surface area contributed by atoms with E-state index in [4.69, 9.17) is 15.2 Å². The van der Waals surface area contributed by atoms with Gasteiger partial charge in [0.25, 0.3) is 5.91 Å². The van der Waals surface area contributed by atoms with Crippen LogP contribution in [0.5, 0.6) is 5.75 Å². The van der Waals surface area contributed by atoms with Gasteiger partial charge in [0.1, 0.15) is 23.8 Å². The molecule has 1 heterocycles. The molecule has 2 rings (SSSR count). The molecule has 1 unspecified atom stereocenters. The average molecular weight is 432 g/mol. The third-order valence-electron chi connectivity index (χ3n) is 4.25. The molecule has 2 aromatic rings. The minimum absolute atomic E-state index is 0.133. The SMILES string of the molecule is CC(C)CC(COc1ccc(-c2ccncc2C(N)=O)c(F)c1)NC(=O)OC(C)(C)C. The lowest BCUT2D eigenvalue weighted by atomic mass is 10.0. The number of pyridine rings is 1. The Bertz CT molecular complexity index is 925. The fourth-order valence-electron chi connectivity index (χ4n) is 3.04.